The number of rotatable bonds is 9. The molecule has 0 bridgehead atoms. The van der Waals surface area contributed by atoms with Crippen LogP contribution in [0.2, 0.25) is 5.02 Å². The average molecular weight is 314 g/mol. The van der Waals surface area contributed by atoms with Crippen molar-refractivity contribution in [1.82, 2.24) is 5.32 Å². The Labute approximate surface area is 128 Å². The number of carboxylic acids is 1. The Kier molecular flexibility index (Phi) is 7.56. The Bertz CT molecular complexity index is 465. The molecular formula is C14H20ClN3O3. The van der Waals surface area contributed by atoms with Gasteiger partial charge in [-0.15, -0.1) is 0 Å². The Morgan fingerprint density at radius 1 is 1.24 bits per heavy atom. The van der Waals surface area contributed by atoms with E-state index in [1.807, 2.05) is 0 Å². The third kappa shape index (κ3) is 6.97. The fourth-order valence-corrected chi connectivity index (χ4v) is 1.87. The second-order valence-corrected chi connectivity index (χ2v) is 5.04. The average Bonchev–Trinajstić information content (AvgIpc) is 2.45. The summed E-state index contributed by atoms with van der Waals surface area (Å²) in [6.07, 6.45) is 1.78. The van der Waals surface area contributed by atoms with E-state index in [0.717, 1.165) is 12.1 Å². The van der Waals surface area contributed by atoms with Crippen molar-refractivity contribution >= 4 is 29.2 Å². The van der Waals surface area contributed by atoms with Gasteiger partial charge in [-0.25, -0.2) is 4.79 Å². The Morgan fingerprint density at radius 3 is 2.48 bits per heavy atom. The second kappa shape index (κ2) is 9.20. The zero-order chi connectivity index (χ0) is 15.7. The van der Waals surface area contributed by atoms with E-state index in [-0.39, 0.29) is 12.5 Å². The number of amides is 1. The van der Waals surface area contributed by atoms with E-state index >= 15 is 0 Å². The number of nitrogens with one attached hydrogen (secondary N) is 2. The highest BCUT2D eigenvalue weighted by atomic mass is 35.5. The molecule has 1 amide bonds. The lowest BCUT2D eigenvalue weighted by molar-refractivity contribution is -0.141. The van der Waals surface area contributed by atoms with Crippen molar-refractivity contribution < 1.29 is 14.7 Å². The molecule has 7 heteroatoms. The first-order valence-corrected chi connectivity index (χ1v) is 7.12. The normalized spacial score (nSPS) is 11.7. The maximum absolute atomic E-state index is 11.7. The van der Waals surface area contributed by atoms with Crippen molar-refractivity contribution in [1.29, 1.82) is 0 Å². The third-order valence-electron chi connectivity index (χ3n) is 2.88. The van der Waals surface area contributed by atoms with Crippen LogP contribution in [0.4, 0.5) is 5.69 Å². The summed E-state index contributed by atoms with van der Waals surface area (Å²) in [4.78, 5) is 22.8. The lowest BCUT2D eigenvalue weighted by atomic mass is 10.1. The van der Waals surface area contributed by atoms with Gasteiger partial charge in [0.05, 0.1) is 6.54 Å². The van der Waals surface area contributed by atoms with Crippen LogP contribution in [0, 0.1) is 0 Å². The highest BCUT2D eigenvalue weighted by Gasteiger charge is 2.18. The fourth-order valence-electron chi connectivity index (χ4n) is 1.75. The molecule has 0 aliphatic carbocycles. The third-order valence-corrected chi connectivity index (χ3v) is 3.13. The summed E-state index contributed by atoms with van der Waals surface area (Å²) in [5.74, 6) is -1.41. The number of carbonyl (C=O) groups excluding carboxylic acids is 1. The number of benzene rings is 1. The number of halogens is 1. The fraction of sp³-hybridized carbons (Fsp3) is 0.429. The molecule has 1 aromatic rings. The van der Waals surface area contributed by atoms with Gasteiger partial charge in [0.2, 0.25) is 5.91 Å². The molecule has 21 heavy (non-hydrogen) atoms. The van der Waals surface area contributed by atoms with Gasteiger partial charge in [0.1, 0.15) is 6.04 Å². The molecule has 116 valence electrons. The summed E-state index contributed by atoms with van der Waals surface area (Å²) in [5.41, 5.74) is 6.10. The SMILES string of the molecule is NCCCC[C@H](NC(=O)CNc1ccc(Cl)cc1)C(=O)O. The second-order valence-electron chi connectivity index (χ2n) is 4.60. The number of nitrogens with two attached hydrogens (primary N) is 1. The van der Waals surface area contributed by atoms with Crippen molar-refractivity contribution in [2.45, 2.75) is 25.3 Å². The molecule has 1 atom stereocenters. The lowest BCUT2D eigenvalue weighted by Crippen LogP contribution is -2.43. The highest BCUT2D eigenvalue weighted by Crippen LogP contribution is 2.12. The van der Waals surface area contributed by atoms with Gasteiger partial charge < -0.3 is 21.5 Å². The van der Waals surface area contributed by atoms with E-state index in [1.165, 1.54) is 0 Å². The highest BCUT2D eigenvalue weighted by molar-refractivity contribution is 6.30. The van der Waals surface area contributed by atoms with Gasteiger partial charge in [0.25, 0.3) is 0 Å². The van der Waals surface area contributed by atoms with Crippen molar-refractivity contribution in [3.63, 3.8) is 0 Å². The maximum Gasteiger partial charge on any atom is 0.326 e. The summed E-state index contributed by atoms with van der Waals surface area (Å²) >= 11 is 5.76. The lowest BCUT2D eigenvalue weighted by Gasteiger charge is -2.15. The minimum atomic E-state index is -1.04. The van der Waals surface area contributed by atoms with Crippen LogP contribution in [0.5, 0.6) is 0 Å². The van der Waals surface area contributed by atoms with Crippen LogP contribution in [0.1, 0.15) is 19.3 Å². The number of unbranched alkanes of at least 4 members (excludes halogenated alkanes) is 1. The van der Waals surface area contributed by atoms with Crippen LogP contribution in [0.25, 0.3) is 0 Å². The first-order valence-electron chi connectivity index (χ1n) is 6.74. The van der Waals surface area contributed by atoms with Crippen LogP contribution < -0.4 is 16.4 Å². The molecule has 1 aromatic carbocycles. The predicted molar refractivity (Wildman–Crippen MR) is 82.4 cm³/mol. The zero-order valence-electron chi connectivity index (χ0n) is 11.6. The Balaban J connectivity index is 2.39. The maximum atomic E-state index is 11.7. The van der Waals surface area contributed by atoms with Crippen molar-refractivity contribution in [3.8, 4) is 0 Å². The van der Waals surface area contributed by atoms with Crippen molar-refractivity contribution in [3.05, 3.63) is 29.3 Å². The smallest absolute Gasteiger partial charge is 0.326 e. The molecule has 6 nitrogen and oxygen atoms in total. The van der Waals surface area contributed by atoms with Gasteiger partial charge in [0, 0.05) is 10.7 Å². The standard InChI is InChI=1S/C14H20ClN3O3/c15-10-4-6-11(7-5-10)17-9-13(19)18-12(14(20)21)3-1-2-8-16/h4-7,12,17H,1-3,8-9,16H2,(H,18,19)(H,20,21)/t12-/m0/s1. The largest absolute Gasteiger partial charge is 0.480 e. The van der Waals surface area contributed by atoms with Crippen molar-refractivity contribution in [2.75, 3.05) is 18.4 Å². The summed E-state index contributed by atoms with van der Waals surface area (Å²) < 4.78 is 0. The summed E-state index contributed by atoms with van der Waals surface area (Å²) in [7, 11) is 0. The molecule has 5 N–H and O–H groups in total. The minimum absolute atomic E-state index is 0.00228. The van der Waals surface area contributed by atoms with Gasteiger partial charge in [-0.05, 0) is 50.1 Å². The molecule has 0 spiro atoms. The molecule has 0 fully saturated rings. The predicted octanol–water partition coefficient (Wildman–Crippen LogP) is 1.45. The van der Waals surface area contributed by atoms with E-state index in [4.69, 9.17) is 22.4 Å². The van der Waals surface area contributed by atoms with Crippen LogP contribution >= 0.6 is 11.6 Å². The molecule has 0 saturated carbocycles. The molecule has 1 rings (SSSR count). The van der Waals surface area contributed by atoms with Gasteiger partial charge in [-0.1, -0.05) is 11.6 Å². The topological polar surface area (TPSA) is 104 Å². The van der Waals surface area contributed by atoms with Crippen molar-refractivity contribution in [2.24, 2.45) is 5.73 Å². The molecule has 0 aliphatic heterocycles. The molecular weight excluding hydrogens is 294 g/mol. The van der Waals surface area contributed by atoms with Gasteiger partial charge in [-0.2, -0.15) is 0 Å². The first-order chi connectivity index (χ1) is 10.0. The quantitative estimate of drug-likeness (QED) is 0.517. The molecule has 0 heterocycles. The zero-order valence-corrected chi connectivity index (χ0v) is 12.4. The number of carboxylic acid groups (broad SMARTS) is 1. The number of aliphatic carboxylic acids is 1. The van der Waals surface area contributed by atoms with E-state index in [2.05, 4.69) is 10.6 Å². The van der Waals surface area contributed by atoms with E-state index in [1.54, 1.807) is 24.3 Å². The molecule has 0 unspecified atom stereocenters. The van der Waals surface area contributed by atoms with E-state index in [9.17, 15) is 9.59 Å². The monoisotopic (exact) mass is 313 g/mol. The van der Waals surface area contributed by atoms with Crippen LogP contribution in [-0.4, -0.2) is 36.1 Å². The number of anilines is 1. The summed E-state index contributed by atoms with van der Waals surface area (Å²) in [6, 6.07) is 6.01. The Hall–Kier alpha value is -1.79. The summed E-state index contributed by atoms with van der Waals surface area (Å²) in [5, 5.41) is 15.1. The number of carbonyl (C=O) groups is 2. The van der Waals surface area contributed by atoms with Gasteiger partial charge in [0.15, 0.2) is 0 Å². The molecule has 0 saturated heterocycles. The Morgan fingerprint density at radius 2 is 1.90 bits per heavy atom. The van der Waals surface area contributed by atoms with Gasteiger partial charge in [-0.3, -0.25) is 4.79 Å². The van der Waals surface area contributed by atoms with E-state index in [0.29, 0.717) is 24.4 Å². The van der Waals surface area contributed by atoms with Crippen LogP contribution in [-0.2, 0) is 9.59 Å². The molecule has 0 aliphatic rings. The van der Waals surface area contributed by atoms with E-state index < -0.39 is 12.0 Å². The molecule has 0 radical (unpaired) electrons. The number of hydrogen-bond acceptors (Lipinski definition) is 4. The minimum Gasteiger partial charge on any atom is -0.480 e. The number of hydrogen-bond donors (Lipinski definition) is 4. The van der Waals surface area contributed by atoms with Gasteiger partial charge >= 0.3 is 5.97 Å². The first kappa shape index (κ1) is 17.3. The molecule has 0 aromatic heterocycles. The van der Waals surface area contributed by atoms with Crippen LogP contribution in [0.3, 0.4) is 0 Å². The van der Waals surface area contributed by atoms with Crippen LogP contribution in [0.15, 0.2) is 24.3 Å². The summed E-state index contributed by atoms with van der Waals surface area (Å²) in [6.45, 7) is 0.515.